The highest BCUT2D eigenvalue weighted by molar-refractivity contribution is 5.49. The number of hydrogen-bond donors (Lipinski definition) is 2. The Morgan fingerprint density at radius 2 is 2.00 bits per heavy atom. The summed E-state index contributed by atoms with van der Waals surface area (Å²) in [5.74, 6) is 0. The van der Waals surface area contributed by atoms with Gasteiger partial charge in [0, 0.05) is 6.54 Å². The third kappa shape index (κ3) is 3.73. The summed E-state index contributed by atoms with van der Waals surface area (Å²) in [5.41, 5.74) is 8.02. The van der Waals surface area contributed by atoms with Gasteiger partial charge in [-0.2, -0.15) is 0 Å². The Morgan fingerprint density at radius 3 is 2.57 bits per heavy atom. The Kier molecular flexibility index (Phi) is 4.97. The fourth-order valence-electron chi connectivity index (χ4n) is 1.27. The summed E-state index contributed by atoms with van der Waals surface area (Å²) in [7, 11) is 1.94. The maximum Gasteiger partial charge on any atom is 0.0135 e. The van der Waals surface area contributed by atoms with Crippen molar-refractivity contribution in [3.8, 4) is 0 Å². The lowest BCUT2D eigenvalue weighted by atomic mass is 10.1. The van der Waals surface area contributed by atoms with Gasteiger partial charge in [-0.1, -0.05) is 36.4 Å². The first-order chi connectivity index (χ1) is 6.86. The molecule has 0 bridgehead atoms. The van der Waals surface area contributed by atoms with E-state index in [0.717, 1.165) is 19.5 Å². The van der Waals surface area contributed by atoms with E-state index in [-0.39, 0.29) is 0 Å². The van der Waals surface area contributed by atoms with E-state index in [9.17, 15) is 0 Å². The molecule has 0 fully saturated rings. The molecule has 14 heavy (non-hydrogen) atoms. The Balaban J connectivity index is 2.54. The van der Waals surface area contributed by atoms with Crippen molar-refractivity contribution in [2.75, 3.05) is 20.1 Å². The Hall–Kier alpha value is -1.12. The lowest BCUT2D eigenvalue weighted by Gasteiger charge is -1.99. The van der Waals surface area contributed by atoms with Gasteiger partial charge in [-0.15, -0.1) is 0 Å². The van der Waals surface area contributed by atoms with Gasteiger partial charge in [-0.25, -0.2) is 0 Å². The zero-order valence-corrected chi connectivity index (χ0v) is 8.66. The number of nitrogens with one attached hydrogen (secondary N) is 1. The predicted molar refractivity (Wildman–Crippen MR) is 62.2 cm³/mol. The molecule has 0 aliphatic rings. The highest BCUT2D eigenvalue weighted by atomic mass is 14.8. The molecule has 0 aliphatic carbocycles. The molecule has 1 aromatic carbocycles. The molecule has 0 atom stereocenters. The molecule has 0 heterocycles. The van der Waals surface area contributed by atoms with Crippen molar-refractivity contribution in [1.29, 1.82) is 0 Å². The molecule has 0 saturated carbocycles. The van der Waals surface area contributed by atoms with Crippen LogP contribution >= 0.6 is 0 Å². The SMILES string of the molecule is CNCC=Cc1ccc(CCN)cc1. The Morgan fingerprint density at radius 1 is 1.29 bits per heavy atom. The molecular formula is C12H18N2. The standard InChI is InChI=1S/C12H18N2/c1-14-10-2-3-11-4-6-12(7-5-11)8-9-13/h2-7,14H,8-10,13H2,1H3. The topological polar surface area (TPSA) is 38.0 Å². The Labute approximate surface area is 85.8 Å². The molecule has 0 saturated heterocycles. The molecule has 3 N–H and O–H groups in total. The quantitative estimate of drug-likeness (QED) is 0.737. The molecule has 0 aromatic heterocycles. The molecular weight excluding hydrogens is 172 g/mol. The molecule has 0 spiro atoms. The van der Waals surface area contributed by atoms with Crippen molar-refractivity contribution in [1.82, 2.24) is 5.32 Å². The second-order valence-electron chi connectivity index (χ2n) is 3.24. The lowest BCUT2D eigenvalue weighted by molar-refractivity contribution is 0.922. The molecule has 0 radical (unpaired) electrons. The summed E-state index contributed by atoms with van der Waals surface area (Å²) >= 11 is 0. The Bertz CT molecular complexity index is 275. The molecule has 2 nitrogen and oxygen atoms in total. The van der Waals surface area contributed by atoms with E-state index < -0.39 is 0 Å². The monoisotopic (exact) mass is 190 g/mol. The van der Waals surface area contributed by atoms with Crippen LogP contribution in [0.2, 0.25) is 0 Å². The molecule has 76 valence electrons. The van der Waals surface area contributed by atoms with Gasteiger partial charge in [0.2, 0.25) is 0 Å². The van der Waals surface area contributed by atoms with Gasteiger partial charge in [0.25, 0.3) is 0 Å². The zero-order valence-electron chi connectivity index (χ0n) is 8.66. The van der Waals surface area contributed by atoms with Gasteiger partial charge in [0.1, 0.15) is 0 Å². The van der Waals surface area contributed by atoms with Crippen LogP contribution in [0.15, 0.2) is 30.3 Å². The predicted octanol–water partition coefficient (Wildman–Crippen LogP) is 1.42. The minimum absolute atomic E-state index is 0.717. The normalized spacial score (nSPS) is 11.0. The average Bonchev–Trinajstić information content (AvgIpc) is 2.21. The van der Waals surface area contributed by atoms with Gasteiger partial charge in [-0.3, -0.25) is 0 Å². The van der Waals surface area contributed by atoms with E-state index in [0.29, 0.717) is 0 Å². The molecule has 0 unspecified atom stereocenters. The average molecular weight is 190 g/mol. The molecule has 0 amide bonds. The van der Waals surface area contributed by atoms with Crippen LogP contribution in [0.3, 0.4) is 0 Å². The summed E-state index contributed by atoms with van der Waals surface area (Å²) in [6, 6.07) is 8.51. The van der Waals surface area contributed by atoms with E-state index >= 15 is 0 Å². The number of hydrogen-bond acceptors (Lipinski definition) is 2. The molecule has 0 aliphatic heterocycles. The van der Waals surface area contributed by atoms with Gasteiger partial charge < -0.3 is 11.1 Å². The third-order valence-corrected chi connectivity index (χ3v) is 2.05. The summed E-state index contributed by atoms with van der Waals surface area (Å²) in [6.07, 6.45) is 5.18. The van der Waals surface area contributed by atoms with Gasteiger partial charge in [0.15, 0.2) is 0 Å². The van der Waals surface area contributed by atoms with Crippen LogP contribution in [0.4, 0.5) is 0 Å². The third-order valence-electron chi connectivity index (χ3n) is 2.05. The summed E-state index contributed by atoms with van der Waals surface area (Å²) in [4.78, 5) is 0. The minimum Gasteiger partial charge on any atom is -0.330 e. The fraction of sp³-hybridized carbons (Fsp3) is 0.333. The largest absolute Gasteiger partial charge is 0.330 e. The second-order valence-corrected chi connectivity index (χ2v) is 3.24. The lowest BCUT2D eigenvalue weighted by Crippen LogP contribution is -2.03. The van der Waals surface area contributed by atoms with E-state index in [1.54, 1.807) is 0 Å². The molecule has 2 heteroatoms. The second kappa shape index (κ2) is 6.35. The van der Waals surface area contributed by atoms with Crippen molar-refractivity contribution in [3.05, 3.63) is 41.5 Å². The molecule has 1 aromatic rings. The van der Waals surface area contributed by atoms with E-state index in [1.165, 1.54) is 11.1 Å². The first-order valence-corrected chi connectivity index (χ1v) is 4.97. The summed E-state index contributed by atoms with van der Waals surface area (Å²) in [6.45, 7) is 1.62. The maximum atomic E-state index is 5.47. The number of likely N-dealkylation sites (N-methyl/N-ethyl adjacent to an activating group) is 1. The van der Waals surface area contributed by atoms with Gasteiger partial charge in [-0.05, 0) is 31.1 Å². The highest BCUT2D eigenvalue weighted by Crippen LogP contribution is 2.06. The van der Waals surface area contributed by atoms with Crippen molar-refractivity contribution in [2.45, 2.75) is 6.42 Å². The number of rotatable bonds is 5. The van der Waals surface area contributed by atoms with Gasteiger partial charge in [0.05, 0.1) is 0 Å². The van der Waals surface area contributed by atoms with E-state index in [2.05, 4.69) is 41.7 Å². The van der Waals surface area contributed by atoms with Crippen LogP contribution in [0.5, 0.6) is 0 Å². The van der Waals surface area contributed by atoms with Crippen molar-refractivity contribution in [3.63, 3.8) is 0 Å². The first kappa shape index (κ1) is 11.0. The van der Waals surface area contributed by atoms with E-state index in [4.69, 9.17) is 5.73 Å². The van der Waals surface area contributed by atoms with Crippen LogP contribution in [0, 0.1) is 0 Å². The van der Waals surface area contributed by atoms with Crippen LogP contribution in [-0.4, -0.2) is 20.1 Å². The van der Waals surface area contributed by atoms with E-state index in [1.807, 2.05) is 7.05 Å². The van der Waals surface area contributed by atoms with Crippen LogP contribution in [-0.2, 0) is 6.42 Å². The first-order valence-electron chi connectivity index (χ1n) is 4.97. The fourth-order valence-corrected chi connectivity index (χ4v) is 1.27. The van der Waals surface area contributed by atoms with Crippen LogP contribution in [0.25, 0.3) is 6.08 Å². The van der Waals surface area contributed by atoms with Gasteiger partial charge >= 0.3 is 0 Å². The summed E-state index contributed by atoms with van der Waals surface area (Å²) < 4.78 is 0. The zero-order chi connectivity index (χ0) is 10.2. The smallest absolute Gasteiger partial charge is 0.0135 e. The van der Waals surface area contributed by atoms with Crippen molar-refractivity contribution >= 4 is 6.08 Å². The molecule has 1 rings (SSSR count). The number of benzene rings is 1. The van der Waals surface area contributed by atoms with Crippen molar-refractivity contribution < 1.29 is 0 Å². The minimum atomic E-state index is 0.717. The summed E-state index contributed by atoms with van der Waals surface area (Å²) in [5, 5.41) is 3.07. The number of nitrogens with two attached hydrogens (primary N) is 1. The highest BCUT2D eigenvalue weighted by Gasteiger charge is 1.90. The van der Waals surface area contributed by atoms with Crippen LogP contribution in [0.1, 0.15) is 11.1 Å². The maximum absolute atomic E-state index is 5.47. The van der Waals surface area contributed by atoms with Crippen molar-refractivity contribution in [2.24, 2.45) is 5.73 Å². The van der Waals surface area contributed by atoms with Crippen LogP contribution < -0.4 is 11.1 Å².